The third-order valence-corrected chi connectivity index (χ3v) is 4.17. The van der Waals surface area contributed by atoms with E-state index in [0.29, 0.717) is 19.4 Å². The summed E-state index contributed by atoms with van der Waals surface area (Å²) in [6, 6.07) is 8.24. The number of esters is 1. The van der Waals surface area contributed by atoms with Crippen molar-refractivity contribution in [3.8, 4) is 0 Å². The highest BCUT2D eigenvalue weighted by Crippen LogP contribution is 2.30. The van der Waals surface area contributed by atoms with Crippen molar-refractivity contribution in [1.82, 2.24) is 0 Å². The van der Waals surface area contributed by atoms with Gasteiger partial charge in [0.2, 0.25) is 0 Å². The van der Waals surface area contributed by atoms with Crippen molar-refractivity contribution in [2.75, 3.05) is 20.3 Å². The second-order valence-electron chi connectivity index (χ2n) is 5.88. The minimum atomic E-state index is -0.347. The fraction of sp³-hybridized carbons (Fsp3) is 0.579. The molecule has 0 radical (unpaired) electrons. The summed E-state index contributed by atoms with van der Waals surface area (Å²) >= 11 is 0. The average molecular weight is 321 g/mol. The fourth-order valence-electron chi connectivity index (χ4n) is 2.62. The lowest BCUT2D eigenvalue weighted by molar-refractivity contribution is -0.145. The lowest BCUT2D eigenvalue weighted by Crippen LogP contribution is -2.23. The number of hydrogen-bond acceptors (Lipinski definition) is 3. The molecule has 0 fully saturated rings. The van der Waals surface area contributed by atoms with Crippen LogP contribution in [0, 0.1) is 12.8 Å². The molecule has 0 amide bonds. The van der Waals surface area contributed by atoms with Gasteiger partial charge in [0.1, 0.15) is 0 Å². The first-order valence-corrected chi connectivity index (χ1v) is 8.26. The van der Waals surface area contributed by atoms with Gasteiger partial charge in [-0.3, -0.25) is 14.2 Å². The third kappa shape index (κ3) is 6.12. The van der Waals surface area contributed by atoms with Gasteiger partial charge in [-0.05, 0) is 31.7 Å². The lowest BCUT2D eigenvalue weighted by atomic mass is 9.82. The Bertz CT molecular complexity index is 511. The molecule has 1 aromatic rings. The largest absolute Gasteiger partial charge is 0.469 e. The molecule has 1 aromatic carbocycles. The van der Waals surface area contributed by atoms with Crippen molar-refractivity contribution in [2.24, 2.45) is 10.9 Å². The van der Waals surface area contributed by atoms with E-state index >= 15 is 0 Å². The summed E-state index contributed by atoms with van der Waals surface area (Å²) in [5.41, 5.74) is 3.32. The summed E-state index contributed by atoms with van der Waals surface area (Å²) < 4.78 is 17.2. The molecule has 0 spiro atoms. The Kier molecular flexibility index (Phi) is 8.52. The number of rotatable bonds is 9. The first-order valence-electron chi connectivity index (χ1n) is 8.26. The van der Waals surface area contributed by atoms with Crippen LogP contribution in [-0.4, -0.2) is 32.0 Å². The van der Waals surface area contributed by atoms with Crippen LogP contribution >= 0.6 is 0 Å². The summed E-state index contributed by atoms with van der Waals surface area (Å²) in [5, 5.41) is 0. The van der Waals surface area contributed by atoms with Gasteiger partial charge in [-0.15, -0.1) is 0 Å². The zero-order valence-electron chi connectivity index (χ0n) is 14.6. The molecule has 0 saturated carbocycles. The second kappa shape index (κ2) is 10.1. The van der Waals surface area contributed by atoms with Crippen LogP contribution < -0.4 is 0 Å². The van der Waals surface area contributed by atoms with E-state index in [-0.39, 0.29) is 24.5 Å². The van der Waals surface area contributed by atoms with Crippen molar-refractivity contribution in [2.45, 2.75) is 46.0 Å². The number of nitrogens with zero attached hydrogens (tertiary/aromatic N) is 1. The molecule has 0 aliphatic heterocycles. The summed E-state index contributed by atoms with van der Waals surface area (Å²) in [6.45, 7) is 6.14. The highest BCUT2D eigenvalue weighted by Gasteiger charge is 2.27. The monoisotopic (exact) mass is 321 g/mol. The number of alkyl halides is 1. The fourth-order valence-corrected chi connectivity index (χ4v) is 2.62. The van der Waals surface area contributed by atoms with Gasteiger partial charge in [0.15, 0.2) is 0 Å². The molecule has 2 atom stereocenters. The number of carbonyl (C=O) groups excluding carboxylic acids is 1. The lowest BCUT2D eigenvalue weighted by Gasteiger charge is -2.23. The molecule has 4 heteroatoms. The van der Waals surface area contributed by atoms with Crippen molar-refractivity contribution < 1.29 is 13.9 Å². The van der Waals surface area contributed by atoms with E-state index in [4.69, 9.17) is 4.74 Å². The van der Waals surface area contributed by atoms with Crippen LogP contribution in [0.4, 0.5) is 4.39 Å². The van der Waals surface area contributed by atoms with Gasteiger partial charge in [-0.1, -0.05) is 43.7 Å². The van der Waals surface area contributed by atoms with Gasteiger partial charge < -0.3 is 4.74 Å². The van der Waals surface area contributed by atoms with Gasteiger partial charge >= 0.3 is 5.97 Å². The van der Waals surface area contributed by atoms with E-state index in [9.17, 15) is 9.18 Å². The summed E-state index contributed by atoms with van der Waals surface area (Å²) in [7, 11) is 1.42. The summed E-state index contributed by atoms with van der Waals surface area (Å²) in [4.78, 5) is 16.5. The Morgan fingerprint density at radius 3 is 2.48 bits per heavy atom. The Morgan fingerprint density at radius 1 is 1.30 bits per heavy atom. The Labute approximate surface area is 139 Å². The minimum Gasteiger partial charge on any atom is -0.469 e. The molecule has 2 unspecified atom stereocenters. The van der Waals surface area contributed by atoms with Gasteiger partial charge in [-0.2, -0.15) is 0 Å². The number of aliphatic imine (C=N–C) groups is 1. The molecule has 0 aliphatic carbocycles. The van der Waals surface area contributed by atoms with Crippen molar-refractivity contribution >= 4 is 11.7 Å². The molecular formula is C19H28FNO2. The maximum absolute atomic E-state index is 12.3. The van der Waals surface area contributed by atoms with Gasteiger partial charge in [0.25, 0.3) is 0 Å². The van der Waals surface area contributed by atoms with E-state index in [2.05, 4.69) is 29.3 Å². The standard InChI is InChI=1S/C19H28FNO2/c1-5-17(21-12-6-11-20)13-18(15(3)19(22)23-4)16-9-7-14(2)8-10-16/h7-10,15,18H,5-6,11-13H2,1-4H3. The summed E-state index contributed by atoms with van der Waals surface area (Å²) in [5.74, 6) is -0.442. The molecular weight excluding hydrogens is 293 g/mol. The van der Waals surface area contributed by atoms with Crippen LogP contribution in [0.5, 0.6) is 0 Å². The van der Waals surface area contributed by atoms with E-state index < -0.39 is 0 Å². The molecule has 128 valence electrons. The number of methoxy groups -OCH3 is 1. The summed E-state index contributed by atoms with van der Waals surface area (Å²) in [6.07, 6.45) is 1.95. The minimum absolute atomic E-state index is 0.0205. The van der Waals surface area contributed by atoms with Gasteiger partial charge in [-0.25, -0.2) is 0 Å². The van der Waals surface area contributed by atoms with E-state index in [1.807, 2.05) is 20.8 Å². The van der Waals surface area contributed by atoms with Crippen LogP contribution in [-0.2, 0) is 9.53 Å². The van der Waals surface area contributed by atoms with Crippen LogP contribution in [0.2, 0.25) is 0 Å². The molecule has 23 heavy (non-hydrogen) atoms. The number of benzene rings is 1. The van der Waals surface area contributed by atoms with Gasteiger partial charge in [0, 0.05) is 18.2 Å². The van der Waals surface area contributed by atoms with Crippen LogP contribution in [0.1, 0.15) is 50.2 Å². The van der Waals surface area contributed by atoms with Crippen molar-refractivity contribution in [3.05, 3.63) is 35.4 Å². The first-order chi connectivity index (χ1) is 11.0. The number of carbonyl (C=O) groups is 1. The molecule has 0 bridgehead atoms. The first kappa shape index (κ1) is 19.3. The van der Waals surface area contributed by atoms with Crippen LogP contribution in [0.3, 0.4) is 0 Å². The zero-order valence-corrected chi connectivity index (χ0v) is 14.6. The number of aryl methyl sites for hydroxylation is 1. The molecule has 1 rings (SSSR count). The predicted molar refractivity (Wildman–Crippen MR) is 92.9 cm³/mol. The number of ether oxygens (including phenoxy) is 1. The maximum atomic E-state index is 12.3. The predicted octanol–water partition coefficient (Wildman–Crippen LogP) is 4.49. The SMILES string of the molecule is CCC(CC(c1ccc(C)cc1)C(C)C(=O)OC)=NCCCF. The molecule has 3 nitrogen and oxygen atoms in total. The quantitative estimate of drug-likeness (QED) is 0.382. The maximum Gasteiger partial charge on any atom is 0.309 e. The van der Waals surface area contributed by atoms with Crippen molar-refractivity contribution in [3.63, 3.8) is 0 Å². The van der Waals surface area contributed by atoms with E-state index in [0.717, 1.165) is 17.7 Å². The number of hydrogen-bond donors (Lipinski definition) is 0. The highest BCUT2D eigenvalue weighted by molar-refractivity contribution is 5.86. The zero-order chi connectivity index (χ0) is 17.2. The second-order valence-corrected chi connectivity index (χ2v) is 5.88. The Balaban J connectivity index is 3.00. The topological polar surface area (TPSA) is 38.7 Å². The Hall–Kier alpha value is -1.71. The van der Waals surface area contributed by atoms with Crippen LogP contribution in [0.25, 0.3) is 0 Å². The normalized spacial score (nSPS) is 14.4. The van der Waals surface area contributed by atoms with E-state index in [1.54, 1.807) is 0 Å². The average Bonchev–Trinajstić information content (AvgIpc) is 2.57. The highest BCUT2D eigenvalue weighted by atomic mass is 19.1. The molecule has 0 heterocycles. The molecule has 0 aliphatic rings. The molecule has 0 saturated heterocycles. The van der Waals surface area contributed by atoms with E-state index in [1.165, 1.54) is 12.7 Å². The molecule has 0 N–H and O–H groups in total. The Morgan fingerprint density at radius 2 is 1.96 bits per heavy atom. The number of halogens is 1. The van der Waals surface area contributed by atoms with Crippen LogP contribution in [0.15, 0.2) is 29.3 Å². The van der Waals surface area contributed by atoms with Gasteiger partial charge in [0.05, 0.1) is 19.7 Å². The smallest absolute Gasteiger partial charge is 0.309 e. The molecule has 0 aromatic heterocycles. The van der Waals surface area contributed by atoms with Crippen molar-refractivity contribution in [1.29, 1.82) is 0 Å². The third-order valence-electron chi connectivity index (χ3n) is 4.17.